The van der Waals surface area contributed by atoms with Crippen LogP contribution >= 0.6 is 0 Å². The van der Waals surface area contributed by atoms with Gasteiger partial charge in [0.1, 0.15) is 12.4 Å². The van der Waals surface area contributed by atoms with E-state index >= 15 is 0 Å². The first-order valence-corrected chi connectivity index (χ1v) is 6.14. The second-order valence-electron chi connectivity index (χ2n) is 4.49. The van der Waals surface area contributed by atoms with Gasteiger partial charge in [-0.3, -0.25) is 0 Å². The Morgan fingerprint density at radius 2 is 2.11 bits per heavy atom. The smallest absolute Gasteiger partial charge is 0.130 e. The Kier molecular flexibility index (Phi) is 3.99. The standard InChI is InChI=1S/C14H19N3O/c1-11(2)17-10-16-8-13(17)9-18-14-6-4-3-5-12(14)7-15/h3-6,8,10-11H,7,9,15H2,1-2H3. The first kappa shape index (κ1) is 12.6. The maximum atomic E-state index is 5.82. The molecular formula is C14H19N3O. The number of hydrogen-bond acceptors (Lipinski definition) is 3. The Hall–Kier alpha value is -1.81. The molecule has 0 saturated carbocycles. The number of hydrogen-bond donors (Lipinski definition) is 1. The molecule has 2 aromatic rings. The van der Waals surface area contributed by atoms with Crippen molar-refractivity contribution in [2.75, 3.05) is 0 Å². The molecule has 0 amide bonds. The quantitative estimate of drug-likeness (QED) is 0.880. The van der Waals surface area contributed by atoms with Crippen molar-refractivity contribution >= 4 is 0 Å². The van der Waals surface area contributed by atoms with Crippen LogP contribution in [-0.4, -0.2) is 9.55 Å². The molecule has 1 aromatic carbocycles. The summed E-state index contributed by atoms with van der Waals surface area (Å²) in [6.07, 6.45) is 3.67. The molecule has 0 bridgehead atoms. The van der Waals surface area contributed by atoms with Gasteiger partial charge in [-0.1, -0.05) is 18.2 Å². The van der Waals surface area contributed by atoms with Gasteiger partial charge in [0.15, 0.2) is 0 Å². The second-order valence-corrected chi connectivity index (χ2v) is 4.49. The summed E-state index contributed by atoms with van der Waals surface area (Å²) in [6, 6.07) is 8.23. The lowest BCUT2D eigenvalue weighted by molar-refractivity contribution is 0.289. The van der Waals surface area contributed by atoms with Crippen LogP contribution in [0.5, 0.6) is 5.75 Å². The van der Waals surface area contributed by atoms with Gasteiger partial charge in [0, 0.05) is 18.2 Å². The van der Waals surface area contributed by atoms with Crippen molar-refractivity contribution in [3.05, 3.63) is 48.0 Å². The number of para-hydroxylation sites is 1. The Labute approximate surface area is 107 Å². The molecule has 0 spiro atoms. The highest BCUT2D eigenvalue weighted by Crippen LogP contribution is 2.19. The van der Waals surface area contributed by atoms with Crippen LogP contribution in [0.25, 0.3) is 0 Å². The maximum Gasteiger partial charge on any atom is 0.130 e. The molecule has 1 heterocycles. The Morgan fingerprint density at radius 1 is 1.33 bits per heavy atom. The summed E-state index contributed by atoms with van der Waals surface area (Å²) in [5, 5.41) is 0. The normalized spacial score (nSPS) is 10.9. The van der Waals surface area contributed by atoms with Crippen molar-refractivity contribution < 1.29 is 4.74 Å². The zero-order chi connectivity index (χ0) is 13.0. The van der Waals surface area contributed by atoms with E-state index in [1.54, 1.807) is 0 Å². The Balaban J connectivity index is 2.09. The fourth-order valence-electron chi connectivity index (χ4n) is 1.87. The Bertz CT molecular complexity index is 505. The molecule has 0 radical (unpaired) electrons. The van der Waals surface area contributed by atoms with Crippen molar-refractivity contribution in [3.63, 3.8) is 0 Å². The minimum absolute atomic E-state index is 0.385. The monoisotopic (exact) mass is 245 g/mol. The zero-order valence-corrected chi connectivity index (χ0v) is 10.8. The predicted octanol–water partition coefficient (Wildman–Crippen LogP) is 2.50. The van der Waals surface area contributed by atoms with E-state index in [9.17, 15) is 0 Å². The van der Waals surface area contributed by atoms with Crippen molar-refractivity contribution in [2.24, 2.45) is 5.73 Å². The lowest BCUT2D eigenvalue weighted by Crippen LogP contribution is -2.08. The summed E-state index contributed by atoms with van der Waals surface area (Å²) in [6.45, 7) is 5.24. The number of benzene rings is 1. The summed E-state index contributed by atoms with van der Waals surface area (Å²) in [5.41, 5.74) is 7.77. The fourth-order valence-corrected chi connectivity index (χ4v) is 1.87. The molecule has 2 rings (SSSR count). The average molecular weight is 245 g/mol. The van der Waals surface area contributed by atoms with E-state index in [0.717, 1.165) is 17.0 Å². The van der Waals surface area contributed by atoms with Crippen LogP contribution < -0.4 is 10.5 Å². The third-order valence-electron chi connectivity index (χ3n) is 2.87. The van der Waals surface area contributed by atoms with Gasteiger partial charge in [-0.15, -0.1) is 0 Å². The third-order valence-corrected chi connectivity index (χ3v) is 2.87. The van der Waals surface area contributed by atoms with Gasteiger partial charge in [-0.05, 0) is 19.9 Å². The molecule has 4 nitrogen and oxygen atoms in total. The third kappa shape index (κ3) is 2.71. The van der Waals surface area contributed by atoms with E-state index < -0.39 is 0 Å². The van der Waals surface area contributed by atoms with E-state index in [0.29, 0.717) is 19.2 Å². The van der Waals surface area contributed by atoms with Crippen molar-refractivity contribution in [3.8, 4) is 5.75 Å². The van der Waals surface area contributed by atoms with Crippen LogP contribution in [0.15, 0.2) is 36.8 Å². The van der Waals surface area contributed by atoms with Gasteiger partial charge < -0.3 is 15.0 Å². The summed E-state index contributed by atoms with van der Waals surface area (Å²) < 4.78 is 7.92. The Morgan fingerprint density at radius 3 is 2.83 bits per heavy atom. The number of ether oxygens (including phenoxy) is 1. The maximum absolute atomic E-state index is 5.82. The van der Waals surface area contributed by atoms with Gasteiger partial charge in [0.05, 0.1) is 18.2 Å². The highest BCUT2D eigenvalue weighted by molar-refractivity contribution is 5.33. The molecule has 0 atom stereocenters. The molecule has 0 saturated heterocycles. The number of nitrogens with two attached hydrogens (primary N) is 1. The molecule has 2 N–H and O–H groups in total. The topological polar surface area (TPSA) is 53.1 Å². The fraction of sp³-hybridized carbons (Fsp3) is 0.357. The van der Waals surface area contributed by atoms with E-state index in [1.165, 1.54) is 0 Å². The number of imidazole rings is 1. The number of rotatable bonds is 5. The predicted molar refractivity (Wildman–Crippen MR) is 71.3 cm³/mol. The van der Waals surface area contributed by atoms with Gasteiger partial charge in [0.2, 0.25) is 0 Å². The molecule has 0 fully saturated rings. The molecule has 1 aromatic heterocycles. The van der Waals surface area contributed by atoms with E-state index in [1.807, 2.05) is 36.8 Å². The van der Waals surface area contributed by atoms with Crippen LogP contribution in [0, 0.1) is 0 Å². The van der Waals surface area contributed by atoms with E-state index in [2.05, 4.69) is 23.4 Å². The molecular weight excluding hydrogens is 226 g/mol. The minimum atomic E-state index is 0.385. The summed E-state index contributed by atoms with van der Waals surface area (Å²) >= 11 is 0. The molecule has 0 unspecified atom stereocenters. The number of aromatic nitrogens is 2. The van der Waals surface area contributed by atoms with Crippen molar-refractivity contribution in [2.45, 2.75) is 33.0 Å². The largest absolute Gasteiger partial charge is 0.487 e. The first-order chi connectivity index (χ1) is 8.72. The molecule has 18 heavy (non-hydrogen) atoms. The van der Waals surface area contributed by atoms with E-state index in [-0.39, 0.29) is 0 Å². The zero-order valence-electron chi connectivity index (χ0n) is 10.8. The lowest BCUT2D eigenvalue weighted by Gasteiger charge is -2.14. The SMILES string of the molecule is CC(C)n1cncc1COc1ccccc1CN. The second kappa shape index (κ2) is 5.69. The summed E-state index contributed by atoms with van der Waals surface area (Å²) in [4.78, 5) is 4.16. The van der Waals surface area contributed by atoms with Crippen LogP contribution in [0.3, 0.4) is 0 Å². The molecule has 96 valence electrons. The van der Waals surface area contributed by atoms with Crippen LogP contribution in [0.1, 0.15) is 31.1 Å². The van der Waals surface area contributed by atoms with Crippen LogP contribution in [0.4, 0.5) is 0 Å². The molecule has 4 heteroatoms. The van der Waals surface area contributed by atoms with Gasteiger partial charge in [-0.25, -0.2) is 4.98 Å². The molecule has 0 aliphatic carbocycles. The number of nitrogens with zero attached hydrogens (tertiary/aromatic N) is 2. The van der Waals surface area contributed by atoms with Gasteiger partial charge >= 0.3 is 0 Å². The van der Waals surface area contributed by atoms with E-state index in [4.69, 9.17) is 10.5 Å². The van der Waals surface area contributed by atoms with Crippen LogP contribution in [-0.2, 0) is 13.2 Å². The molecule has 0 aliphatic rings. The average Bonchev–Trinajstić information content (AvgIpc) is 2.85. The summed E-state index contributed by atoms with van der Waals surface area (Å²) in [7, 11) is 0. The van der Waals surface area contributed by atoms with Gasteiger partial charge in [-0.2, -0.15) is 0 Å². The minimum Gasteiger partial charge on any atom is -0.487 e. The molecule has 0 aliphatic heterocycles. The summed E-state index contributed by atoms with van der Waals surface area (Å²) in [5.74, 6) is 0.844. The van der Waals surface area contributed by atoms with Gasteiger partial charge in [0.25, 0.3) is 0 Å². The van der Waals surface area contributed by atoms with Crippen molar-refractivity contribution in [1.82, 2.24) is 9.55 Å². The highest BCUT2D eigenvalue weighted by atomic mass is 16.5. The van der Waals surface area contributed by atoms with Crippen molar-refractivity contribution in [1.29, 1.82) is 0 Å². The lowest BCUT2D eigenvalue weighted by atomic mass is 10.2. The highest BCUT2D eigenvalue weighted by Gasteiger charge is 2.07. The first-order valence-electron chi connectivity index (χ1n) is 6.14. The van der Waals surface area contributed by atoms with Crippen LogP contribution in [0.2, 0.25) is 0 Å².